The van der Waals surface area contributed by atoms with E-state index in [2.05, 4.69) is 20.7 Å². The Labute approximate surface area is 158 Å². The fraction of sp³-hybridized carbons (Fsp3) is 0.235. The van der Waals surface area contributed by atoms with Crippen LogP contribution in [0.4, 0.5) is 9.80 Å². The van der Waals surface area contributed by atoms with Gasteiger partial charge in [0, 0.05) is 18.5 Å². The summed E-state index contributed by atoms with van der Waals surface area (Å²) in [7, 11) is 0. The number of carbonyl (C=O) groups is 3. The first-order valence-electron chi connectivity index (χ1n) is 8.10. The van der Waals surface area contributed by atoms with Crippen LogP contribution in [0.1, 0.15) is 34.6 Å². The average molecular weight is 387 g/mol. The number of fused-ring (bicyclic) bond motifs is 1. The van der Waals surface area contributed by atoms with E-state index in [9.17, 15) is 14.4 Å². The van der Waals surface area contributed by atoms with Gasteiger partial charge >= 0.3 is 6.09 Å². The van der Waals surface area contributed by atoms with E-state index in [-0.39, 0.29) is 23.7 Å². The molecule has 3 heterocycles. The summed E-state index contributed by atoms with van der Waals surface area (Å²) in [5.41, 5.74) is 1.06. The molecule has 0 radical (unpaired) electrons. The minimum absolute atomic E-state index is 0.155. The van der Waals surface area contributed by atoms with Gasteiger partial charge < -0.3 is 10.1 Å². The van der Waals surface area contributed by atoms with Gasteiger partial charge in [-0.3, -0.25) is 14.9 Å². The number of nitrogens with one attached hydrogen (secondary N) is 2. The summed E-state index contributed by atoms with van der Waals surface area (Å²) in [6.45, 7) is 3.98. The third kappa shape index (κ3) is 4.47. The fourth-order valence-corrected chi connectivity index (χ4v) is 2.91. The summed E-state index contributed by atoms with van der Waals surface area (Å²) < 4.78 is 6.40. The zero-order chi connectivity index (χ0) is 19.4. The number of hydrogen-bond acceptors (Lipinski definition) is 7. The van der Waals surface area contributed by atoms with Crippen LogP contribution in [-0.2, 0) is 4.74 Å². The maximum Gasteiger partial charge on any atom is 0.414 e. The summed E-state index contributed by atoms with van der Waals surface area (Å²) >= 11 is 1.16. The Morgan fingerprint density at radius 1 is 1.26 bits per heavy atom. The molecule has 27 heavy (non-hydrogen) atoms. The van der Waals surface area contributed by atoms with Gasteiger partial charge in [-0.2, -0.15) is 5.10 Å². The Kier molecular flexibility index (Phi) is 5.46. The first-order valence-corrected chi connectivity index (χ1v) is 8.98. The number of aromatic nitrogens is 3. The highest BCUT2D eigenvalue weighted by molar-refractivity contribution is 7.14. The number of carbonyl (C=O) groups excluding carboxylic acids is 3. The molecule has 3 rings (SSSR count). The van der Waals surface area contributed by atoms with Gasteiger partial charge in [0.25, 0.3) is 11.8 Å². The van der Waals surface area contributed by atoms with Crippen LogP contribution in [0.3, 0.4) is 0 Å². The summed E-state index contributed by atoms with van der Waals surface area (Å²) in [6.07, 6.45) is 3.70. The fourth-order valence-electron chi connectivity index (χ4n) is 2.13. The van der Waals surface area contributed by atoms with Crippen molar-refractivity contribution >= 4 is 39.9 Å². The minimum atomic E-state index is -0.828. The Morgan fingerprint density at radius 3 is 2.85 bits per heavy atom. The summed E-state index contributed by atoms with van der Waals surface area (Å²) in [5, 5.41) is 10.8. The van der Waals surface area contributed by atoms with Gasteiger partial charge in [0.05, 0.1) is 23.9 Å². The van der Waals surface area contributed by atoms with Crippen molar-refractivity contribution in [1.82, 2.24) is 19.9 Å². The lowest BCUT2D eigenvalue weighted by Crippen LogP contribution is -2.32. The molecule has 0 saturated carbocycles. The zero-order valence-corrected chi connectivity index (χ0v) is 15.4. The number of thiophene rings is 1. The van der Waals surface area contributed by atoms with E-state index < -0.39 is 17.9 Å². The molecular formula is C17H17N5O4S. The quantitative estimate of drug-likeness (QED) is 0.695. The zero-order valence-electron chi connectivity index (χ0n) is 14.6. The molecule has 3 aromatic rings. The Bertz CT molecular complexity index is 994. The van der Waals surface area contributed by atoms with Crippen LogP contribution in [0.25, 0.3) is 5.65 Å². The number of nitrogens with zero attached hydrogens (tertiary/aromatic N) is 3. The van der Waals surface area contributed by atoms with Crippen LogP contribution in [0.2, 0.25) is 0 Å². The van der Waals surface area contributed by atoms with E-state index in [1.807, 2.05) is 13.8 Å². The van der Waals surface area contributed by atoms with Gasteiger partial charge in [0.15, 0.2) is 5.65 Å². The Hall–Kier alpha value is -3.27. The number of amides is 3. The molecule has 0 aliphatic carbocycles. The largest absolute Gasteiger partial charge is 0.449 e. The number of ether oxygens (including phenoxy) is 1. The molecule has 0 aromatic carbocycles. The van der Waals surface area contributed by atoms with Gasteiger partial charge in [-0.05, 0) is 17.4 Å². The van der Waals surface area contributed by atoms with Crippen molar-refractivity contribution in [3.05, 3.63) is 47.2 Å². The van der Waals surface area contributed by atoms with Crippen LogP contribution in [0.15, 0.2) is 36.1 Å². The molecule has 0 fully saturated rings. The third-order valence-electron chi connectivity index (χ3n) is 3.41. The molecule has 2 N–H and O–H groups in total. The highest BCUT2D eigenvalue weighted by atomic mass is 32.1. The predicted molar refractivity (Wildman–Crippen MR) is 98.9 cm³/mol. The summed E-state index contributed by atoms with van der Waals surface area (Å²) in [5.74, 6) is -0.942. The lowest BCUT2D eigenvalue weighted by Gasteiger charge is -2.09. The van der Waals surface area contributed by atoms with Crippen molar-refractivity contribution in [1.29, 1.82) is 0 Å². The van der Waals surface area contributed by atoms with Crippen LogP contribution >= 0.6 is 11.3 Å². The second-order valence-corrected chi connectivity index (χ2v) is 6.96. The number of rotatable bonds is 5. The lowest BCUT2D eigenvalue weighted by atomic mass is 10.2. The van der Waals surface area contributed by atoms with Crippen LogP contribution < -0.4 is 10.6 Å². The molecule has 0 bridgehead atoms. The number of alkyl carbamates (subject to hydrolysis) is 1. The van der Waals surface area contributed by atoms with Gasteiger partial charge in [-0.15, -0.1) is 11.3 Å². The average Bonchev–Trinajstić information content (AvgIpc) is 3.28. The van der Waals surface area contributed by atoms with Crippen molar-refractivity contribution in [2.45, 2.75) is 13.8 Å². The molecule has 3 aromatic heterocycles. The molecule has 0 aliphatic heterocycles. The maximum atomic E-state index is 12.4. The van der Waals surface area contributed by atoms with E-state index in [4.69, 9.17) is 4.74 Å². The van der Waals surface area contributed by atoms with Crippen LogP contribution in [0.5, 0.6) is 0 Å². The Morgan fingerprint density at radius 2 is 2.07 bits per heavy atom. The molecule has 0 saturated heterocycles. The lowest BCUT2D eigenvalue weighted by molar-refractivity contribution is 0.0907. The SMILES string of the molecule is CC(C)COC(=O)NC(=O)c1ccsc1NC(=O)c1cnc2ccnn2c1. The molecular weight excluding hydrogens is 370 g/mol. The maximum absolute atomic E-state index is 12.4. The molecule has 0 aliphatic rings. The van der Waals surface area contributed by atoms with Crippen molar-refractivity contribution in [3.63, 3.8) is 0 Å². The standard InChI is InChI=1S/C17H17N5O4S/c1-10(2)9-26-17(25)21-15(24)12-4-6-27-16(12)20-14(23)11-7-18-13-3-5-19-22(13)8-11/h3-8,10H,9H2,1-2H3,(H,20,23)(H,21,24,25). The van der Waals surface area contributed by atoms with Crippen LogP contribution in [0, 0.1) is 5.92 Å². The van der Waals surface area contributed by atoms with Gasteiger partial charge in [-0.1, -0.05) is 13.8 Å². The van der Waals surface area contributed by atoms with Crippen molar-refractivity contribution in [2.75, 3.05) is 11.9 Å². The topological polar surface area (TPSA) is 115 Å². The van der Waals surface area contributed by atoms with E-state index >= 15 is 0 Å². The van der Waals surface area contributed by atoms with Crippen molar-refractivity contribution < 1.29 is 19.1 Å². The summed E-state index contributed by atoms with van der Waals surface area (Å²) in [6, 6.07) is 3.22. The van der Waals surface area contributed by atoms with Crippen LogP contribution in [-0.4, -0.2) is 39.1 Å². The van der Waals surface area contributed by atoms with E-state index in [1.165, 1.54) is 23.0 Å². The predicted octanol–water partition coefficient (Wildman–Crippen LogP) is 2.57. The van der Waals surface area contributed by atoms with Crippen molar-refractivity contribution in [2.24, 2.45) is 5.92 Å². The second kappa shape index (κ2) is 7.96. The van der Waals surface area contributed by atoms with E-state index in [1.54, 1.807) is 17.6 Å². The van der Waals surface area contributed by atoms with E-state index in [0.29, 0.717) is 10.6 Å². The first kappa shape index (κ1) is 18.5. The molecule has 0 unspecified atom stereocenters. The molecule has 0 spiro atoms. The normalized spacial score (nSPS) is 10.8. The highest BCUT2D eigenvalue weighted by Crippen LogP contribution is 2.24. The first-order chi connectivity index (χ1) is 12.9. The monoisotopic (exact) mass is 387 g/mol. The molecule has 9 nitrogen and oxygen atoms in total. The summed E-state index contributed by atoms with van der Waals surface area (Å²) in [4.78, 5) is 40.5. The molecule has 10 heteroatoms. The Balaban J connectivity index is 1.68. The van der Waals surface area contributed by atoms with Gasteiger partial charge in [0.1, 0.15) is 5.00 Å². The molecule has 3 amide bonds. The third-order valence-corrected chi connectivity index (χ3v) is 4.24. The van der Waals surface area contributed by atoms with Crippen molar-refractivity contribution in [3.8, 4) is 0 Å². The van der Waals surface area contributed by atoms with E-state index in [0.717, 1.165) is 11.3 Å². The highest BCUT2D eigenvalue weighted by Gasteiger charge is 2.19. The van der Waals surface area contributed by atoms with Gasteiger partial charge in [-0.25, -0.2) is 14.3 Å². The second-order valence-electron chi connectivity index (χ2n) is 6.04. The minimum Gasteiger partial charge on any atom is -0.449 e. The number of anilines is 1. The number of imide groups is 1. The molecule has 0 atom stereocenters. The van der Waals surface area contributed by atoms with Gasteiger partial charge in [0.2, 0.25) is 0 Å². The molecule has 140 valence electrons. The number of hydrogen-bond donors (Lipinski definition) is 2. The smallest absolute Gasteiger partial charge is 0.414 e.